The highest BCUT2D eigenvalue weighted by atomic mass is 16.7. The van der Waals surface area contributed by atoms with E-state index >= 15 is 0 Å². The largest absolute Gasteiger partial charge is 0.410 e. The molecule has 2 heterocycles. The van der Waals surface area contributed by atoms with E-state index in [0.717, 1.165) is 5.69 Å². The second-order valence-electron chi connectivity index (χ2n) is 5.86. The molecule has 0 aliphatic carbocycles. The van der Waals surface area contributed by atoms with Crippen molar-refractivity contribution < 1.29 is 19.4 Å². The molecule has 0 unspecified atom stereocenters. The summed E-state index contributed by atoms with van der Waals surface area (Å²) in [6, 6.07) is 10.8. The number of benzene rings is 1. The van der Waals surface area contributed by atoms with Gasteiger partial charge in [0.15, 0.2) is 0 Å². The fraction of sp³-hybridized carbons (Fsp3) is 0.353. The third kappa shape index (κ3) is 3.80. The molecule has 1 atom stereocenters. The van der Waals surface area contributed by atoms with Crippen molar-refractivity contribution in [3.63, 3.8) is 0 Å². The number of hydrogen-bond acceptors (Lipinski definition) is 5. The zero-order valence-corrected chi connectivity index (χ0v) is 13.9. The Labute approximate surface area is 145 Å². The molecular formula is C17H20N4O4. The summed E-state index contributed by atoms with van der Waals surface area (Å²) in [6.45, 7) is 2.88. The predicted molar refractivity (Wildman–Crippen MR) is 89.8 cm³/mol. The van der Waals surface area contributed by atoms with Crippen molar-refractivity contribution in [1.82, 2.24) is 15.1 Å². The van der Waals surface area contributed by atoms with Gasteiger partial charge in [-0.2, -0.15) is 5.10 Å². The number of carbonyl (C=O) groups excluding carboxylic acids is 2. The lowest BCUT2D eigenvalue weighted by Crippen LogP contribution is -2.46. The Balaban J connectivity index is 1.53. The first-order chi connectivity index (χ1) is 12.0. The van der Waals surface area contributed by atoms with E-state index in [2.05, 4.69) is 10.4 Å². The van der Waals surface area contributed by atoms with E-state index in [1.807, 2.05) is 19.1 Å². The van der Waals surface area contributed by atoms with Gasteiger partial charge in [0.05, 0.1) is 12.2 Å². The Morgan fingerprint density at radius 1 is 1.36 bits per heavy atom. The number of nitrogens with one attached hydrogen (secondary N) is 1. The molecule has 1 aliphatic rings. The fourth-order valence-corrected chi connectivity index (χ4v) is 2.68. The van der Waals surface area contributed by atoms with Crippen LogP contribution in [-0.2, 0) is 16.1 Å². The normalized spacial score (nSPS) is 19.9. The number of ether oxygens (including phenoxy) is 1. The van der Waals surface area contributed by atoms with Gasteiger partial charge in [0.25, 0.3) is 11.7 Å². The van der Waals surface area contributed by atoms with Crippen molar-refractivity contribution in [3.05, 3.63) is 48.3 Å². The molecule has 2 N–H and O–H groups in total. The zero-order valence-electron chi connectivity index (χ0n) is 13.9. The van der Waals surface area contributed by atoms with Crippen molar-refractivity contribution in [1.29, 1.82) is 0 Å². The van der Waals surface area contributed by atoms with Crippen molar-refractivity contribution in [2.24, 2.45) is 0 Å². The summed E-state index contributed by atoms with van der Waals surface area (Å²) in [5, 5.41) is 17.1. The number of nitrogens with zero attached hydrogens (tertiary/aromatic N) is 3. The summed E-state index contributed by atoms with van der Waals surface area (Å²) in [6.07, 6.45) is 0.982. The first kappa shape index (κ1) is 17.0. The van der Waals surface area contributed by atoms with Crippen LogP contribution in [0.4, 0.5) is 10.5 Å². The van der Waals surface area contributed by atoms with E-state index in [-0.39, 0.29) is 19.5 Å². The number of carbonyl (C=O) groups is 2. The van der Waals surface area contributed by atoms with Crippen LogP contribution in [0.3, 0.4) is 0 Å². The average Bonchev–Trinajstić information content (AvgIpc) is 3.12. The van der Waals surface area contributed by atoms with Gasteiger partial charge in [-0.3, -0.25) is 9.48 Å². The summed E-state index contributed by atoms with van der Waals surface area (Å²) in [5.74, 6) is -2.78. The van der Waals surface area contributed by atoms with Gasteiger partial charge >= 0.3 is 6.09 Å². The monoisotopic (exact) mass is 344 g/mol. The van der Waals surface area contributed by atoms with Crippen LogP contribution < -0.4 is 10.2 Å². The molecule has 1 aliphatic heterocycles. The Kier molecular flexibility index (Phi) is 4.71. The SMILES string of the molecule is Cc1ccn(CCNC(=O)O[C@@]2(O)CCN(c3ccccc3)C2=O)n1. The Bertz CT molecular complexity index is 761. The van der Waals surface area contributed by atoms with Crippen LogP contribution in [0.25, 0.3) is 0 Å². The summed E-state index contributed by atoms with van der Waals surface area (Å²) in [7, 11) is 0. The molecule has 2 aromatic rings. The first-order valence-corrected chi connectivity index (χ1v) is 8.04. The number of aliphatic hydroxyl groups is 1. The van der Waals surface area contributed by atoms with Gasteiger partial charge in [-0.1, -0.05) is 18.2 Å². The maximum absolute atomic E-state index is 12.4. The molecule has 1 fully saturated rings. The lowest BCUT2D eigenvalue weighted by Gasteiger charge is -2.22. The lowest BCUT2D eigenvalue weighted by molar-refractivity contribution is -0.175. The van der Waals surface area contributed by atoms with Gasteiger partial charge in [-0.15, -0.1) is 0 Å². The standard InChI is InChI=1S/C17H20N4O4/c1-13-7-10-20(19-13)12-9-18-16(23)25-17(24)8-11-21(15(17)22)14-5-3-2-4-6-14/h2-7,10,24H,8-9,11-12H2,1H3,(H,18,23)/t17-/m0/s1. The maximum atomic E-state index is 12.4. The topological polar surface area (TPSA) is 96.7 Å². The second kappa shape index (κ2) is 6.94. The molecule has 1 aromatic heterocycles. The van der Waals surface area contributed by atoms with Crippen LogP contribution in [0.2, 0.25) is 0 Å². The van der Waals surface area contributed by atoms with Gasteiger partial charge in [-0.25, -0.2) is 4.79 Å². The molecule has 1 aromatic carbocycles. The van der Waals surface area contributed by atoms with Crippen molar-refractivity contribution in [3.8, 4) is 0 Å². The van der Waals surface area contributed by atoms with E-state index in [0.29, 0.717) is 12.2 Å². The van der Waals surface area contributed by atoms with Gasteiger partial charge in [0, 0.05) is 31.4 Å². The summed E-state index contributed by atoms with van der Waals surface area (Å²) in [4.78, 5) is 25.7. The van der Waals surface area contributed by atoms with Crippen LogP contribution in [-0.4, -0.2) is 45.8 Å². The molecule has 132 valence electrons. The number of para-hydroxylation sites is 1. The highest BCUT2D eigenvalue weighted by Crippen LogP contribution is 2.29. The van der Waals surface area contributed by atoms with Gasteiger partial charge < -0.3 is 20.1 Å². The predicted octanol–water partition coefficient (Wildman–Crippen LogP) is 1.04. The fourth-order valence-electron chi connectivity index (χ4n) is 2.68. The van der Waals surface area contributed by atoms with E-state index in [9.17, 15) is 14.7 Å². The van der Waals surface area contributed by atoms with Crippen molar-refractivity contribution in [2.45, 2.75) is 25.7 Å². The molecular weight excluding hydrogens is 324 g/mol. The minimum atomic E-state index is -2.14. The summed E-state index contributed by atoms with van der Waals surface area (Å²) in [5.41, 5.74) is 1.54. The number of aryl methyl sites for hydroxylation is 1. The Morgan fingerprint density at radius 3 is 2.80 bits per heavy atom. The van der Waals surface area contributed by atoms with Gasteiger partial charge in [-0.05, 0) is 25.1 Å². The number of rotatable bonds is 5. The van der Waals surface area contributed by atoms with Crippen LogP contribution in [0.5, 0.6) is 0 Å². The molecule has 25 heavy (non-hydrogen) atoms. The highest BCUT2D eigenvalue weighted by molar-refractivity contribution is 6.01. The van der Waals surface area contributed by atoms with Crippen LogP contribution >= 0.6 is 0 Å². The number of alkyl carbamates (subject to hydrolysis) is 1. The molecule has 8 nitrogen and oxygen atoms in total. The quantitative estimate of drug-likeness (QED) is 0.790. The maximum Gasteiger partial charge on any atom is 0.410 e. The highest BCUT2D eigenvalue weighted by Gasteiger charge is 2.49. The van der Waals surface area contributed by atoms with Crippen molar-refractivity contribution in [2.75, 3.05) is 18.0 Å². The Morgan fingerprint density at radius 2 is 2.12 bits per heavy atom. The first-order valence-electron chi connectivity index (χ1n) is 8.04. The lowest BCUT2D eigenvalue weighted by atomic mass is 10.2. The third-order valence-corrected chi connectivity index (χ3v) is 3.97. The number of anilines is 1. The molecule has 2 amide bonds. The van der Waals surface area contributed by atoms with E-state index in [1.54, 1.807) is 35.1 Å². The average molecular weight is 344 g/mol. The molecule has 3 rings (SSSR count). The molecule has 0 spiro atoms. The molecule has 0 bridgehead atoms. The van der Waals surface area contributed by atoms with Crippen LogP contribution in [0.15, 0.2) is 42.6 Å². The van der Waals surface area contributed by atoms with Gasteiger partial charge in [0.2, 0.25) is 0 Å². The third-order valence-electron chi connectivity index (χ3n) is 3.97. The molecule has 0 radical (unpaired) electrons. The van der Waals surface area contributed by atoms with Crippen molar-refractivity contribution >= 4 is 17.7 Å². The zero-order chi connectivity index (χ0) is 17.9. The molecule has 1 saturated heterocycles. The number of hydrogen-bond donors (Lipinski definition) is 2. The molecule has 0 saturated carbocycles. The second-order valence-corrected chi connectivity index (χ2v) is 5.86. The van der Waals surface area contributed by atoms with Gasteiger partial charge in [0.1, 0.15) is 0 Å². The van der Waals surface area contributed by atoms with Crippen LogP contribution in [0, 0.1) is 6.92 Å². The Hall–Kier alpha value is -2.87. The smallest absolute Gasteiger partial charge is 0.407 e. The summed E-state index contributed by atoms with van der Waals surface area (Å²) < 4.78 is 6.67. The number of amides is 2. The minimum absolute atomic E-state index is 0.0203. The van der Waals surface area contributed by atoms with E-state index in [4.69, 9.17) is 4.74 Å². The summed E-state index contributed by atoms with van der Waals surface area (Å²) >= 11 is 0. The number of aromatic nitrogens is 2. The molecule has 8 heteroatoms. The van der Waals surface area contributed by atoms with Crippen LogP contribution in [0.1, 0.15) is 12.1 Å². The van der Waals surface area contributed by atoms with E-state index in [1.165, 1.54) is 4.90 Å². The minimum Gasteiger partial charge on any atom is -0.407 e. The van der Waals surface area contributed by atoms with E-state index < -0.39 is 17.8 Å².